The first-order valence-electron chi connectivity index (χ1n) is 11.4. The second-order valence-corrected chi connectivity index (χ2v) is 8.44. The Labute approximate surface area is 206 Å². The molecule has 180 valence electrons. The predicted octanol–water partition coefficient (Wildman–Crippen LogP) is 4.85. The van der Waals surface area contributed by atoms with E-state index < -0.39 is 4.92 Å². The van der Waals surface area contributed by atoms with Gasteiger partial charge >= 0.3 is 0 Å². The third-order valence-corrected chi connectivity index (χ3v) is 6.06. The smallest absolute Gasteiger partial charge is 0.270 e. The number of aliphatic imine (C=N–C) groups is 1. The number of aromatic hydroxyl groups is 1. The molecule has 0 unspecified atom stereocenters. The van der Waals surface area contributed by atoms with E-state index in [-0.39, 0.29) is 11.6 Å². The van der Waals surface area contributed by atoms with Crippen LogP contribution in [0.25, 0.3) is 22.3 Å². The molecule has 0 saturated carbocycles. The number of hydrogen-bond donors (Lipinski definition) is 3. The summed E-state index contributed by atoms with van der Waals surface area (Å²) in [7, 11) is 1.93. The molecule has 9 nitrogen and oxygen atoms in total. The lowest BCUT2D eigenvalue weighted by Crippen LogP contribution is -2.05. The number of aryl methyl sites for hydroxylation is 1. The zero-order valence-corrected chi connectivity index (χ0v) is 19.5. The summed E-state index contributed by atoms with van der Waals surface area (Å²) >= 11 is 0. The molecule has 4 N–H and O–H groups in total. The second-order valence-electron chi connectivity index (χ2n) is 8.44. The van der Waals surface area contributed by atoms with Crippen LogP contribution in [0.3, 0.4) is 0 Å². The standard InChI is InChI=1S/C27H24N6O3/c1-32-15-14-29-26(32)19-6-8-20(9-7-19)30-25(18-4-2-17(3-5-18)12-13-28)24-22-16-21(33(35)36)10-11-23(22)31-27(24)34/h2-11,14-16,31,34H,12-13,28H2,1H3. The van der Waals surface area contributed by atoms with E-state index in [0.29, 0.717) is 34.4 Å². The van der Waals surface area contributed by atoms with Gasteiger partial charge in [0.1, 0.15) is 5.82 Å². The van der Waals surface area contributed by atoms with Crippen molar-refractivity contribution < 1.29 is 10.0 Å². The maximum Gasteiger partial charge on any atom is 0.270 e. The maximum absolute atomic E-state index is 11.4. The average Bonchev–Trinajstić information content (AvgIpc) is 3.45. The quantitative estimate of drug-likeness (QED) is 0.174. The zero-order chi connectivity index (χ0) is 25.2. The van der Waals surface area contributed by atoms with Gasteiger partial charge in [0.25, 0.3) is 5.69 Å². The predicted molar refractivity (Wildman–Crippen MR) is 140 cm³/mol. The van der Waals surface area contributed by atoms with Crippen molar-refractivity contribution in [2.24, 2.45) is 17.8 Å². The molecule has 5 rings (SSSR count). The number of benzene rings is 3. The van der Waals surface area contributed by atoms with Crippen molar-refractivity contribution in [1.82, 2.24) is 14.5 Å². The van der Waals surface area contributed by atoms with Gasteiger partial charge in [-0.1, -0.05) is 24.3 Å². The molecule has 2 aromatic heterocycles. The number of nitro benzene ring substituents is 1. The Morgan fingerprint density at radius 3 is 2.53 bits per heavy atom. The van der Waals surface area contributed by atoms with Gasteiger partial charge in [0, 0.05) is 53.6 Å². The van der Waals surface area contributed by atoms with E-state index in [1.165, 1.54) is 12.1 Å². The summed E-state index contributed by atoms with van der Waals surface area (Å²) < 4.78 is 1.93. The number of rotatable bonds is 7. The minimum absolute atomic E-state index is 0.0696. The molecule has 3 aromatic carbocycles. The summed E-state index contributed by atoms with van der Waals surface area (Å²) in [5.74, 6) is 0.725. The number of imidazole rings is 1. The van der Waals surface area contributed by atoms with Crippen molar-refractivity contribution >= 4 is 28.0 Å². The summed E-state index contributed by atoms with van der Waals surface area (Å²) in [6.45, 7) is 0.537. The molecule has 0 radical (unpaired) electrons. The van der Waals surface area contributed by atoms with Crippen LogP contribution in [-0.4, -0.2) is 36.8 Å². The van der Waals surface area contributed by atoms with Gasteiger partial charge in [0.05, 0.1) is 21.9 Å². The summed E-state index contributed by atoms with van der Waals surface area (Å²) in [5.41, 5.74) is 10.5. The van der Waals surface area contributed by atoms with Gasteiger partial charge in [-0.2, -0.15) is 0 Å². The molecule has 0 saturated heterocycles. The minimum Gasteiger partial charge on any atom is -0.494 e. The van der Waals surface area contributed by atoms with Crippen molar-refractivity contribution in [2.45, 2.75) is 6.42 Å². The fraction of sp³-hybridized carbons (Fsp3) is 0.111. The van der Waals surface area contributed by atoms with E-state index in [1.807, 2.05) is 66.3 Å². The SMILES string of the molecule is Cn1ccnc1-c1ccc(N=C(c2ccc(CCN)cc2)c2c(O)[nH]c3ccc([N+](=O)[O-])cc23)cc1. The van der Waals surface area contributed by atoms with Crippen LogP contribution in [-0.2, 0) is 13.5 Å². The highest BCUT2D eigenvalue weighted by Gasteiger charge is 2.21. The first-order chi connectivity index (χ1) is 17.4. The highest BCUT2D eigenvalue weighted by atomic mass is 16.6. The van der Waals surface area contributed by atoms with Crippen LogP contribution in [0.5, 0.6) is 5.88 Å². The summed E-state index contributed by atoms with van der Waals surface area (Å²) in [5, 5.41) is 22.8. The van der Waals surface area contributed by atoms with Gasteiger partial charge in [-0.15, -0.1) is 0 Å². The number of H-pyrrole nitrogens is 1. The largest absolute Gasteiger partial charge is 0.494 e. The normalized spacial score (nSPS) is 11.8. The van der Waals surface area contributed by atoms with Crippen LogP contribution in [0, 0.1) is 10.1 Å². The van der Waals surface area contributed by atoms with Gasteiger partial charge in [-0.05, 0) is 48.9 Å². The molecule has 0 amide bonds. The number of fused-ring (bicyclic) bond motifs is 1. The Morgan fingerprint density at radius 1 is 1.14 bits per heavy atom. The van der Waals surface area contributed by atoms with Crippen LogP contribution in [0.1, 0.15) is 16.7 Å². The molecule has 9 heteroatoms. The number of nitrogens with one attached hydrogen (secondary N) is 1. The molecule has 0 bridgehead atoms. The molecule has 0 atom stereocenters. The van der Waals surface area contributed by atoms with Gasteiger partial charge in [0.15, 0.2) is 5.88 Å². The molecule has 0 spiro atoms. The number of nitrogens with two attached hydrogens (primary N) is 1. The van der Waals surface area contributed by atoms with Crippen LogP contribution in [0.4, 0.5) is 11.4 Å². The first kappa shape index (κ1) is 23.0. The Kier molecular flexibility index (Phi) is 6.05. The lowest BCUT2D eigenvalue weighted by atomic mass is 9.98. The molecule has 0 aliphatic rings. The van der Waals surface area contributed by atoms with Gasteiger partial charge in [-0.3, -0.25) is 10.1 Å². The minimum atomic E-state index is -0.456. The Morgan fingerprint density at radius 2 is 1.89 bits per heavy atom. The third-order valence-electron chi connectivity index (χ3n) is 6.06. The van der Waals surface area contributed by atoms with Crippen molar-refractivity contribution in [3.8, 4) is 17.3 Å². The molecule has 5 aromatic rings. The summed E-state index contributed by atoms with van der Waals surface area (Å²) in [4.78, 5) is 23.2. The molecule has 0 aliphatic carbocycles. The Hall–Kier alpha value is -4.76. The van der Waals surface area contributed by atoms with Crippen LogP contribution in [0.2, 0.25) is 0 Å². The maximum atomic E-state index is 11.4. The Bertz CT molecular complexity index is 1580. The molecule has 0 aliphatic heterocycles. The molecule has 0 fully saturated rings. The van der Waals surface area contributed by atoms with Gasteiger partial charge in [0.2, 0.25) is 0 Å². The van der Waals surface area contributed by atoms with E-state index in [2.05, 4.69) is 9.97 Å². The van der Waals surface area contributed by atoms with E-state index in [4.69, 9.17) is 10.7 Å². The molecular weight excluding hydrogens is 456 g/mol. The van der Waals surface area contributed by atoms with E-state index in [0.717, 1.165) is 28.9 Å². The van der Waals surface area contributed by atoms with Crippen molar-refractivity contribution in [3.05, 3.63) is 106 Å². The topological polar surface area (TPSA) is 135 Å². The summed E-state index contributed by atoms with van der Waals surface area (Å²) in [6.07, 6.45) is 4.37. The number of nitrogens with zero attached hydrogens (tertiary/aromatic N) is 4. The van der Waals surface area contributed by atoms with Crippen molar-refractivity contribution in [3.63, 3.8) is 0 Å². The fourth-order valence-electron chi connectivity index (χ4n) is 4.24. The third kappa shape index (κ3) is 4.35. The van der Waals surface area contributed by atoms with E-state index in [1.54, 1.807) is 12.3 Å². The second kappa shape index (κ2) is 9.47. The van der Waals surface area contributed by atoms with E-state index in [9.17, 15) is 15.2 Å². The number of hydrogen-bond acceptors (Lipinski definition) is 6. The van der Waals surface area contributed by atoms with Crippen molar-refractivity contribution in [1.29, 1.82) is 0 Å². The Balaban J connectivity index is 1.66. The van der Waals surface area contributed by atoms with Crippen LogP contribution < -0.4 is 5.73 Å². The van der Waals surface area contributed by atoms with Gasteiger partial charge in [-0.25, -0.2) is 9.98 Å². The molecular formula is C27H24N6O3. The van der Waals surface area contributed by atoms with Crippen molar-refractivity contribution in [2.75, 3.05) is 6.54 Å². The summed E-state index contributed by atoms with van der Waals surface area (Å²) in [6, 6.07) is 19.8. The van der Waals surface area contributed by atoms with E-state index >= 15 is 0 Å². The lowest BCUT2D eigenvalue weighted by Gasteiger charge is -2.09. The zero-order valence-electron chi connectivity index (χ0n) is 19.5. The average molecular weight is 481 g/mol. The number of non-ortho nitro benzene ring substituents is 1. The fourth-order valence-corrected chi connectivity index (χ4v) is 4.24. The van der Waals surface area contributed by atoms with Crippen LogP contribution >= 0.6 is 0 Å². The lowest BCUT2D eigenvalue weighted by molar-refractivity contribution is -0.384. The number of aromatic nitrogens is 3. The van der Waals surface area contributed by atoms with Gasteiger partial charge < -0.3 is 20.4 Å². The number of nitro groups is 1. The number of aromatic amines is 1. The van der Waals surface area contributed by atoms with Crippen LogP contribution in [0.15, 0.2) is 84.1 Å². The monoisotopic (exact) mass is 480 g/mol. The molecule has 2 heterocycles. The highest BCUT2D eigenvalue weighted by molar-refractivity contribution is 6.22. The highest BCUT2D eigenvalue weighted by Crippen LogP contribution is 2.34. The first-order valence-corrected chi connectivity index (χ1v) is 11.4. The molecule has 36 heavy (non-hydrogen) atoms.